The summed E-state index contributed by atoms with van der Waals surface area (Å²) in [4.78, 5) is 28.9. The summed E-state index contributed by atoms with van der Waals surface area (Å²) >= 11 is 0. The predicted molar refractivity (Wildman–Crippen MR) is 112 cm³/mol. The van der Waals surface area contributed by atoms with Crippen molar-refractivity contribution >= 4 is 17.4 Å². The van der Waals surface area contributed by atoms with Crippen molar-refractivity contribution in [1.29, 1.82) is 0 Å². The van der Waals surface area contributed by atoms with Gasteiger partial charge in [0.1, 0.15) is 11.6 Å². The van der Waals surface area contributed by atoms with Gasteiger partial charge in [0.2, 0.25) is 0 Å². The Morgan fingerprint density at radius 1 is 1.16 bits per heavy atom. The molecule has 0 saturated carbocycles. The summed E-state index contributed by atoms with van der Waals surface area (Å²) in [5, 5.41) is 10.9. The Morgan fingerprint density at radius 2 is 1.90 bits per heavy atom. The number of likely N-dealkylation sites (tertiary alicyclic amines) is 1. The van der Waals surface area contributed by atoms with E-state index in [0.29, 0.717) is 18.5 Å². The van der Waals surface area contributed by atoms with Crippen molar-refractivity contribution in [1.82, 2.24) is 9.80 Å². The van der Waals surface area contributed by atoms with Gasteiger partial charge < -0.3 is 19.6 Å². The maximum Gasteiger partial charge on any atom is 0.295 e. The first-order chi connectivity index (χ1) is 14.7. The second-order valence-corrected chi connectivity index (χ2v) is 7.55. The molecule has 0 aliphatic carbocycles. The minimum Gasteiger partial charge on any atom is -0.507 e. The molecular formula is C23H24F2N2O4. The smallest absolute Gasteiger partial charge is 0.295 e. The molecule has 1 saturated heterocycles. The highest BCUT2D eigenvalue weighted by Gasteiger charge is 2.45. The van der Waals surface area contributed by atoms with E-state index in [1.54, 1.807) is 6.07 Å². The van der Waals surface area contributed by atoms with Crippen molar-refractivity contribution in [3.05, 3.63) is 70.8 Å². The number of carbonyl (C=O) groups is 2. The summed E-state index contributed by atoms with van der Waals surface area (Å²) in [6.45, 7) is 0.903. The lowest BCUT2D eigenvalue weighted by Gasteiger charge is -2.26. The van der Waals surface area contributed by atoms with E-state index >= 15 is 0 Å². The molecule has 1 N–H and O–H groups in total. The summed E-state index contributed by atoms with van der Waals surface area (Å²) in [5.74, 6) is -3.50. The van der Waals surface area contributed by atoms with Crippen LogP contribution < -0.4 is 4.74 Å². The molecule has 2 aromatic rings. The van der Waals surface area contributed by atoms with Gasteiger partial charge in [-0.2, -0.15) is 0 Å². The fraction of sp³-hybridized carbons (Fsp3) is 0.304. The Labute approximate surface area is 179 Å². The van der Waals surface area contributed by atoms with Crippen LogP contribution in [0.5, 0.6) is 5.75 Å². The molecule has 1 atom stereocenters. The number of ether oxygens (including phenoxy) is 1. The molecule has 164 valence electrons. The molecule has 0 spiro atoms. The highest BCUT2D eigenvalue weighted by atomic mass is 19.1. The van der Waals surface area contributed by atoms with E-state index in [-0.39, 0.29) is 23.4 Å². The molecule has 0 radical (unpaired) electrons. The van der Waals surface area contributed by atoms with Gasteiger partial charge in [-0.15, -0.1) is 0 Å². The van der Waals surface area contributed by atoms with E-state index in [9.17, 15) is 23.5 Å². The monoisotopic (exact) mass is 430 g/mol. The lowest BCUT2D eigenvalue weighted by Crippen LogP contribution is -2.32. The largest absolute Gasteiger partial charge is 0.507 e. The lowest BCUT2D eigenvalue weighted by atomic mass is 9.95. The second kappa shape index (κ2) is 9.26. The van der Waals surface area contributed by atoms with Gasteiger partial charge in [-0.05, 0) is 63.0 Å². The fourth-order valence-corrected chi connectivity index (χ4v) is 3.66. The highest BCUT2D eigenvalue weighted by Crippen LogP contribution is 2.40. The van der Waals surface area contributed by atoms with Gasteiger partial charge in [0, 0.05) is 12.1 Å². The first-order valence-corrected chi connectivity index (χ1v) is 9.77. The van der Waals surface area contributed by atoms with E-state index in [4.69, 9.17) is 4.74 Å². The van der Waals surface area contributed by atoms with Crippen molar-refractivity contribution in [2.75, 3.05) is 34.3 Å². The molecule has 1 aliphatic rings. The number of amides is 1. The zero-order valence-corrected chi connectivity index (χ0v) is 17.6. The zero-order chi connectivity index (χ0) is 22.7. The molecule has 8 heteroatoms. The predicted octanol–water partition coefficient (Wildman–Crippen LogP) is 3.35. The van der Waals surface area contributed by atoms with Crippen LogP contribution in [0, 0.1) is 11.6 Å². The molecule has 3 rings (SSSR count). The van der Waals surface area contributed by atoms with Crippen molar-refractivity contribution in [2.45, 2.75) is 12.5 Å². The molecule has 1 heterocycles. The molecule has 2 aromatic carbocycles. The van der Waals surface area contributed by atoms with Gasteiger partial charge in [0.15, 0.2) is 11.6 Å². The van der Waals surface area contributed by atoms with Crippen LogP contribution in [0.2, 0.25) is 0 Å². The van der Waals surface area contributed by atoms with E-state index in [0.717, 1.165) is 6.07 Å². The molecule has 0 bridgehead atoms. The van der Waals surface area contributed by atoms with Crippen molar-refractivity contribution in [2.24, 2.45) is 0 Å². The number of methoxy groups -OCH3 is 1. The van der Waals surface area contributed by atoms with Crippen molar-refractivity contribution < 1.29 is 28.2 Å². The Hall–Kier alpha value is -3.26. The maximum atomic E-state index is 14.2. The summed E-state index contributed by atoms with van der Waals surface area (Å²) in [6, 6.07) is 8.27. The van der Waals surface area contributed by atoms with Crippen LogP contribution in [0.15, 0.2) is 48.0 Å². The first kappa shape index (κ1) is 22.4. The first-order valence-electron chi connectivity index (χ1n) is 9.77. The molecule has 31 heavy (non-hydrogen) atoms. The Kier molecular flexibility index (Phi) is 6.70. The average molecular weight is 430 g/mol. The molecule has 6 nitrogen and oxygen atoms in total. The maximum absolute atomic E-state index is 14.2. The van der Waals surface area contributed by atoms with Crippen LogP contribution in [-0.4, -0.2) is 60.9 Å². The Balaban J connectivity index is 2.11. The number of nitrogens with zero attached hydrogens (tertiary/aromatic N) is 2. The molecule has 1 fully saturated rings. The van der Waals surface area contributed by atoms with Crippen LogP contribution >= 0.6 is 0 Å². The average Bonchev–Trinajstić information content (AvgIpc) is 2.98. The van der Waals surface area contributed by atoms with Crippen molar-refractivity contribution in [3.8, 4) is 5.75 Å². The topological polar surface area (TPSA) is 70.1 Å². The number of benzene rings is 2. The third-order valence-electron chi connectivity index (χ3n) is 5.13. The number of aliphatic hydroxyl groups excluding tert-OH is 1. The number of carbonyl (C=O) groups excluding carboxylic acids is 2. The number of Topliss-reactive ketones (excluding diaryl/α,β-unsaturated/α-hetero) is 1. The van der Waals surface area contributed by atoms with Gasteiger partial charge in [0.05, 0.1) is 18.7 Å². The van der Waals surface area contributed by atoms with Gasteiger partial charge >= 0.3 is 0 Å². The Bertz CT molecular complexity index is 1040. The quantitative estimate of drug-likeness (QED) is 0.415. The zero-order valence-electron chi connectivity index (χ0n) is 17.6. The highest BCUT2D eigenvalue weighted by molar-refractivity contribution is 6.46. The molecule has 0 aromatic heterocycles. The van der Waals surface area contributed by atoms with E-state index < -0.39 is 35.1 Å². The van der Waals surface area contributed by atoms with Gasteiger partial charge in [-0.25, -0.2) is 8.78 Å². The number of aliphatic hydroxyl groups is 1. The third-order valence-corrected chi connectivity index (χ3v) is 5.13. The minimum atomic E-state index is -0.983. The van der Waals surface area contributed by atoms with Crippen LogP contribution in [-0.2, 0) is 9.59 Å². The summed E-state index contributed by atoms with van der Waals surface area (Å²) in [7, 11) is 5.08. The number of hydrogen-bond acceptors (Lipinski definition) is 5. The van der Waals surface area contributed by atoms with E-state index in [1.807, 2.05) is 19.0 Å². The minimum absolute atomic E-state index is 0.0194. The standard InChI is InChI=1S/C23H24F2N2O4/c1-26(2)10-5-11-27-20(14-6-4-7-16(24)12-14)19(22(29)23(27)30)21(28)15-8-9-18(31-3)17(25)13-15/h4,6-9,12-13,20,28H,5,10-11H2,1-3H3/b21-19+/t20-/m0/s1. The summed E-state index contributed by atoms with van der Waals surface area (Å²) in [5.41, 5.74) is 0.163. The molecule has 0 unspecified atom stereocenters. The van der Waals surface area contributed by atoms with Gasteiger partial charge in [-0.3, -0.25) is 9.59 Å². The normalized spacial score (nSPS) is 18.1. The van der Waals surface area contributed by atoms with Crippen LogP contribution in [0.3, 0.4) is 0 Å². The van der Waals surface area contributed by atoms with E-state index in [2.05, 4.69) is 0 Å². The lowest BCUT2D eigenvalue weighted by molar-refractivity contribution is -0.139. The molecule has 1 amide bonds. The van der Waals surface area contributed by atoms with E-state index in [1.165, 1.54) is 42.3 Å². The van der Waals surface area contributed by atoms with Gasteiger partial charge in [0.25, 0.3) is 11.7 Å². The van der Waals surface area contributed by atoms with Gasteiger partial charge in [-0.1, -0.05) is 12.1 Å². The Morgan fingerprint density at radius 3 is 2.52 bits per heavy atom. The number of ketones is 1. The molecular weight excluding hydrogens is 406 g/mol. The fourth-order valence-electron chi connectivity index (χ4n) is 3.66. The number of rotatable bonds is 7. The third kappa shape index (κ3) is 4.59. The molecule has 1 aliphatic heterocycles. The summed E-state index contributed by atoms with van der Waals surface area (Å²) < 4.78 is 33.0. The SMILES string of the molecule is COc1ccc(/C(O)=C2\C(=O)C(=O)N(CCCN(C)C)[C@H]2c2cccc(F)c2)cc1F. The second-order valence-electron chi connectivity index (χ2n) is 7.55. The number of hydrogen-bond donors (Lipinski definition) is 1. The van der Waals surface area contributed by atoms with Crippen LogP contribution in [0.4, 0.5) is 8.78 Å². The van der Waals surface area contributed by atoms with Crippen LogP contribution in [0.25, 0.3) is 5.76 Å². The van der Waals surface area contributed by atoms with Crippen molar-refractivity contribution in [3.63, 3.8) is 0 Å². The summed E-state index contributed by atoms with van der Waals surface area (Å²) in [6.07, 6.45) is 0.572. The van der Waals surface area contributed by atoms with Crippen LogP contribution in [0.1, 0.15) is 23.6 Å². The number of halogens is 2.